The first-order chi connectivity index (χ1) is 29.0. The van der Waals surface area contributed by atoms with Gasteiger partial charge in [-0.15, -0.1) is 10.2 Å². The number of benzene rings is 2. The zero-order valence-electron chi connectivity index (χ0n) is 33.6. The van der Waals surface area contributed by atoms with E-state index in [4.69, 9.17) is 23.9 Å². The van der Waals surface area contributed by atoms with Crippen LogP contribution < -0.4 is 5.46 Å². The Bertz CT molecular complexity index is 2480. The number of alkyl halides is 6. The summed E-state index contributed by atoms with van der Waals surface area (Å²) in [6.07, 6.45) is 1.19. The largest absolute Gasteiger partial charge is 0.491 e. The molecular weight excluding hydrogens is 897 g/mol. The Hall–Kier alpha value is -6.26. The zero-order chi connectivity index (χ0) is 45.9. The first-order valence-electron chi connectivity index (χ1n) is 18.1. The maximum atomic E-state index is 13.1. The van der Waals surface area contributed by atoms with Gasteiger partial charge >= 0.3 is 31.4 Å². The van der Waals surface area contributed by atoms with Gasteiger partial charge in [0.05, 0.1) is 60.2 Å². The molecular formula is C40H38BBrF6N6O8. The molecule has 0 atom stereocenters. The smallest absolute Gasteiger partial charge is 0.473 e. The van der Waals surface area contributed by atoms with Crippen LogP contribution in [0, 0.1) is 13.8 Å². The summed E-state index contributed by atoms with van der Waals surface area (Å²) in [5.41, 5.74) is 0.811. The highest BCUT2D eigenvalue weighted by atomic mass is 79.9. The van der Waals surface area contributed by atoms with Crippen molar-refractivity contribution in [3.05, 3.63) is 119 Å². The fraction of sp³-hybridized carbons (Fsp3) is 0.250. The average molecular weight is 935 g/mol. The molecule has 0 spiro atoms. The number of furan rings is 2. The number of hydrogen-bond acceptors (Lipinski definition) is 12. The Balaban J connectivity index is 0.000000233. The number of halogens is 7. The van der Waals surface area contributed by atoms with Gasteiger partial charge < -0.3 is 28.4 Å². The Morgan fingerprint density at radius 3 is 1.60 bits per heavy atom. The second-order valence-electron chi connectivity index (χ2n) is 13.6. The number of nitrogens with zero attached hydrogens (tertiary/aromatic N) is 6. The molecule has 0 amide bonds. The number of esters is 2. The molecule has 0 aliphatic carbocycles. The van der Waals surface area contributed by atoms with Crippen molar-refractivity contribution in [3.8, 4) is 22.8 Å². The Morgan fingerprint density at radius 1 is 0.726 bits per heavy atom. The maximum Gasteiger partial charge on any atom is 0.491 e. The third-order valence-corrected chi connectivity index (χ3v) is 8.15. The summed E-state index contributed by atoms with van der Waals surface area (Å²) in [4.78, 5) is 32.2. The fourth-order valence-electron chi connectivity index (χ4n) is 5.02. The van der Waals surface area contributed by atoms with Gasteiger partial charge in [0.2, 0.25) is 0 Å². The van der Waals surface area contributed by atoms with Crippen LogP contribution in [0.1, 0.15) is 55.5 Å². The lowest BCUT2D eigenvalue weighted by Gasteiger charge is -2.10. The van der Waals surface area contributed by atoms with Crippen LogP contribution in [0.15, 0.2) is 99.6 Å². The van der Waals surface area contributed by atoms with E-state index in [1.54, 1.807) is 59.7 Å². The van der Waals surface area contributed by atoms with Crippen molar-refractivity contribution >= 4 is 58.4 Å². The number of carbonyl (C=O) groups excluding carboxylic acids is 2. The molecule has 6 aromatic rings. The van der Waals surface area contributed by atoms with Crippen LogP contribution in [-0.4, -0.2) is 70.8 Å². The second kappa shape index (κ2) is 21.0. The van der Waals surface area contributed by atoms with Crippen molar-refractivity contribution in [1.82, 2.24) is 29.5 Å². The molecule has 4 heterocycles. The third kappa shape index (κ3) is 14.4. The molecule has 22 heteroatoms. The highest BCUT2D eigenvalue weighted by Gasteiger charge is 2.32. The first-order valence-corrected chi connectivity index (χ1v) is 18.9. The summed E-state index contributed by atoms with van der Waals surface area (Å²) in [5, 5.41) is 25.1. The molecule has 0 saturated carbocycles. The monoisotopic (exact) mass is 934 g/mol. The van der Waals surface area contributed by atoms with Crippen LogP contribution in [0.2, 0.25) is 0 Å². The van der Waals surface area contributed by atoms with Crippen LogP contribution in [-0.2, 0) is 31.4 Å². The topological polar surface area (TPSA) is 181 Å². The molecule has 0 radical (unpaired) electrons. The van der Waals surface area contributed by atoms with E-state index < -0.39 is 42.5 Å². The summed E-state index contributed by atoms with van der Waals surface area (Å²) < 4.78 is 100. The van der Waals surface area contributed by atoms with Gasteiger partial charge in [-0.25, -0.2) is 28.9 Å². The number of hydrogen-bond donors (Lipinski definition) is 2. The van der Waals surface area contributed by atoms with Crippen molar-refractivity contribution in [1.29, 1.82) is 0 Å². The lowest BCUT2D eigenvalue weighted by atomic mass is 9.83. The molecule has 0 bridgehead atoms. The van der Waals surface area contributed by atoms with Gasteiger partial charge in [-0.3, -0.25) is 0 Å². The lowest BCUT2D eigenvalue weighted by Crippen LogP contribution is -2.27. The van der Waals surface area contributed by atoms with Gasteiger partial charge in [0.25, 0.3) is 0 Å². The summed E-state index contributed by atoms with van der Waals surface area (Å²) in [5.74, 6) is -0.961. The Labute approximate surface area is 358 Å². The number of aryl methyl sites for hydroxylation is 2. The third-order valence-electron chi connectivity index (χ3n) is 7.62. The van der Waals surface area contributed by atoms with Gasteiger partial charge in [-0.05, 0) is 117 Å². The minimum atomic E-state index is -4.47. The van der Waals surface area contributed by atoms with Crippen molar-refractivity contribution in [2.24, 2.45) is 0 Å². The Morgan fingerprint density at radius 2 is 1.19 bits per heavy atom. The summed E-state index contributed by atoms with van der Waals surface area (Å²) in [6.45, 7) is 9.98. The summed E-state index contributed by atoms with van der Waals surface area (Å²) in [6, 6.07) is 10.3. The van der Waals surface area contributed by atoms with Gasteiger partial charge in [0.1, 0.15) is 17.1 Å². The molecule has 0 saturated heterocycles. The highest BCUT2D eigenvalue weighted by Crippen LogP contribution is 2.34. The van der Waals surface area contributed by atoms with Gasteiger partial charge in [0.15, 0.2) is 11.6 Å². The van der Waals surface area contributed by atoms with E-state index in [0.717, 1.165) is 24.3 Å². The molecule has 0 aliphatic rings. The highest BCUT2D eigenvalue weighted by molar-refractivity contribution is 9.12. The van der Waals surface area contributed by atoms with E-state index in [0.29, 0.717) is 22.2 Å². The normalized spacial score (nSPS) is 12.1. The maximum absolute atomic E-state index is 13.1. The van der Waals surface area contributed by atoms with Crippen molar-refractivity contribution in [3.63, 3.8) is 0 Å². The van der Waals surface area contributed by atoms with Crippen LogP contribution in [0.5, 0.6) is 0 Å². The summed E-state index contributed by atoms with van der Waals surface area (Å²) >= 11 is 3.07. The molecule has 4 aromatic heterocycles. The predicted molar refractivity (Wildman–Crippen MR) is 217 cm³/mol. The molecule has 62 heavy (non-hydrogen) atoms. The SMILES string of the molecule is Cc1cc(-c2ncn(/C=C(/C(=O)OC(C)C)c3ccoc3)n2)cc(C(F)(F)F)c1.Cc1cc(-c2ncn(/C=C(\Br)C(=O)OC(C)C)n2)cc(C(F)(F)F)c1.OB(O)c1ccoc1. The van der Waals surface area contributed by atoms with Gasteiger partial charge in [0, 0.05) is 28.4 Å². The standard InChI is InChI=1S/C20H18F3N3O3.C16H15BrF3N3O2.C4H5BO3/c1-12(2)29-19(27)17(14-4-5-28-10-14)9-26-11-24-18(25-26)15-6-13(3)7-16(8-15)20(21,22)23;1-9(2)25-15(24)13(17)7-23-8-21-14(22-23)11-4-10(3)5-12(6-11)16(18,19)20;6-5(7)4-1-2-8-3-4/h4-12H,1-3H3;4-9H,1-3H3;1-3,6-7H/b17-9+;13-7-;. The number of aromatic nitrogens is 6. The average Bonchev–Trinajstić information content (AvgIpc) is 4.01. The minimum absolute atomic E-state index is 0.0965. The summed E-state index contributed by atoms with van der Waals surface area (Å²) in [7, 11) is -1.41. The molecule has 6 rings (SSSR count). The van der Waals surface area contributed by atoms with Gasteiger partial charge in [-0.1, -0.05) is 0 Å². The number of rotatable bonds is 10. The molecule has 2 N–H and O–H groups in total. The van der Waals surface area contributed by atoms with Crippen molar-refractivity contribution in [2.75, 3.05) is 0 Å². The van der Waals surface area contributed by atoms with Crippen LogP contribution >= 0.6 is 15.9 Å². The fourth-order valence-corrected chi connectivity index (χ4v) is 5.33. The molecule has 0 unspecified atom stereocenters. The van der Waals surface area contributed by atoms with E-state index in [1.165, 1.54) is 65.5 Å². The first kappa shape index (κ1) is 48.4. The van der Waals surface area contributed by atoms with Gasteiger partial charge in [-0.2, -0.15) is 26.3 Å². The zero-order valence-corrected chi connectivity index (χ0v) is 35.2. The van der Waals surface area contributed by atoms with E-state index in [-0.39, 0.29) is 45.0 Å². The molecule has 328 valence electrons. The van der Waals surface area contributed by atoms with E-state index in [9.17, 15) is 35.9 Å². The molecule has 14 nitrogen and oxygen atoms in total. The number of carbonyl (C=O) groups is 2. The number of ether oxygens (including phenoxy) is 2. The molecule has 0 fully saturated rings. The van der Waals surface area contributed by atoms with Crippen LogP contribution in [0.25, 0.3) is 40.7 Å². The lowest BCUT2D eigenvalue weighted by molar-refractivity contribution is -0.142. The van der Waals surface area contributed by atoms with Crippen LogP contribution in [0.3, 0.4) is 0 Å². The van der Waals surface area contributed by atoms with E-state index in [2.05, 4.69) is 40.5 Å². The van der Waals surface area contributed by atoms with Crippen molar-refractivity contribution < 1.29 is 64.3 Å². The molecule has 2 aromatic carbocycles. The minimum Gasteiger partial charge on any atom is -0.473 e. The quantitative estimate of drug-likeness (QED) is 0.0583. The van der Waals surface area contributed by atoms with E-state index in [1.807, 2.05) is 0 Å². The Kier molecular flexibility index (Phi) is 16.4. The predicted octanol–water partition coefficient (Wildman–Crippen LogP) is 8.19. The van der Waals surface area contributed by atoms with Crippen molar-refractivity contribution in [2.45, 2.75) is 66.1 Å². The second-order valence-corrected chi connectivity index (χ2v) is 14.5. The molecule has 0 aliphatic heterocycles. The van der Waals surface area contributed by atoms with E-state index >= 15 is 0 Å². The van der Waals surface area contributed by atoms with Crippen LogP contribution in [0.4, 0.5) is 26.3 Å².